The van der Waals surface area contributed by atoms with Crippen molar-refractivity contribution in [1.29, 1.82) is 5.26 Å². The molecule has 98 valence electrons. The fraction of sp³-hybridized carbons (Fsp3) is 0.385. The first-order chi connectivity index (χ1) is 9.33. The van der Waals surface area contributed by atoms with Crippen LogP contribution >= 0.6 is 11.3 Å². The van der Waals surface area contributed by atoms with Crippen molar-refractivity contribution >= 4 is 11.3 Å². The molecule has 0 spiro atoms. The van der Waals surface area contributed by atoms with Gasteiger partial charge in [-0.2, -0.15) is 5.26 Å². The summed E-state index contributed by atoms with van der Waals surface area (Å²) in [5, 5.41) is 22.2. The lowest BCUT2D eigenvalue weighted by Gasteiger charge is -1.98. The van der Waals surface area contributed by atoms with Crippen molar-refractivity contribution in [1.82, 2.24) is 20.5 Å². The molecule has 0 atom stereocenters. The minimum absolute atomic E-state index is 0.553. The van der Waals surface area contributed by atoms with Crippen LogP contribution in [-0.4, -0.2) is 28.3 Å². The summed E-state index contributed by atoms with van der Waals surface area (Å²) in [6.07, 6.45) is 3.57. The van der Waals surface area contributed by atoms with Crippen LogP contribution in [0.4, 0.5) is 0 Å². The Morgan fingerprint density at radius 2 is 2.21 bits per heavy atom. The number of pyridine rings is 1. The van der Waals surface area contributed by atoms with Gasteiger partial charge in [0.1, 0.15) is 16.8 Å². The van der Waals surface area contributed by atoms with Gasteiger partial charge in [-0.05, 0) is 25.1 Å². The molecule has 2 aromatic heterocycles. The van der Waals surface area contributed by atoms with E-state index in [1.807, 2.05) is 6.07 Å². The Balaban J connectivity index is 1.98. The summed E-state index contributed by atoms with van der Waals surface area (Å²) < 4.78 is 0. The number of aromatic nitrogens is 3. The molecule has 0 aliphatic heterocycles. The van der Waals surface area contributed by atoms with Crippen molar-refractivity contribution in [2.75, 3.05) is 13.1 Å². The van der Waals surface area contributed by atoms with Crippen LogP contribution in [0.5, 0.6) is 0 Å². The molecule has 2 heterocycles. The molecule has 0 aromatic carbocycles. The molecule has 0 aliphatic rings. The summed E-state index contributed by atoms with van der Waals surface area (Å²) in [4.78, 5) is 4.21. The quantitative estimate of drug-likeness (QED) is 0.815. The van der Waals surface area contributed by atoms with E-state index < -0.39 is 0 Å². The van der Waals surface area contributed by atoms with E-state index in [1.165, 1.54) is 0 Å². The number of hydrogen-bond donors (Lipinski definition) is 1. The van der Waals surface area contributed by atoms with Crippen LogP contribution in [0.15, 0.2) is 18.3 Å². The predicted molar refractivity (Wildman–Crippen MR) is 74.7 cm³/mol. The number of nitrogens with zero attached hydrogens (tertiary/aromatic N) is 4. The summed E-state index contributed by atoms with van der Waals surface area (Å²) in [6.45, 7) is 4.10. The van der Waals surface area contributed by atoms with Gasteiger partial charge >= 0.3 is 0 Å². The van der Waals surface area contributed by atoms with Crippen LogP contribution in [0.3, 0.4) is 0 Å². The van der Waals surface area contributed by atoms with E-state index in [-0.39, 0.29) is 0 Å². The van der Waals surface area contributed by atoms with E-state index in [0.717, 1.165) is 41.6 Å². The molecular formula is C13H15N5S. The highest BCUT2D eigenvalue weighted by molar-refractivity contribution is 7.14. The topological polar surface area (TPSA) is 74.5 Å². The maximum Gasteiger partial charge on any atom is 0.166 e. The second-order valence-electron chi connectivity index (χ2n) is 4.04. The Hall–Kier alpha value is -1.84. The second kappa shape index (κ2) is 6.92. The Morgan fingerprint density at radius 3 is 2.89 bits per heavy atom. The fourth-order valence-corrected chi connectivity index (χ4v) is 2.36. The molecule has 5 nitrogen and oxygen atoms in total. The van der Waals surface area contributed by atoms with Crippen molar-refractivity contribution in [3.8, 4) is 16.8 Å². The molecule has 0 amide bonds. The van der Waals surface area contributed by atoms with Crippen LogP contribution in [0.2, 0.25) is 0 Å². The van der Waals surface area contributed by atoms with Crippen LogP contribution in [0.25, 0.3) is 10.7 Å². The monoisotopic (exact) mass is 273 g/mol. The van der Waals surface area contributed by atoms with E-state index in [9.17, 15) is 0 Å². The molecule has 2 aromatic rings. The minimum atomic E-state index is 0.553. The predicted octanol–water partition coefficient (Wildman–Crippen LogP) is 2.01. The number of nitriles is 1. The highest BCUT2D eigenvalue weighted by Crippen LogP contribution is 2.21. The molecule has 0 aliphatic carbocycles. The normalized spacial score (nSPS) is 10.3. The third-order valence-corrected chi connectivity index (χ3v) is 3.53. The van der Waals surface area contributed by atoms with E-state index in [1.54, 1.807) is 29.7 Å². The third kappa shape index (κ3) is 3.81. The molecule has 2 rings (SSSR count). The summed E-state index contributed by atoms with van der Waals surface area (Å²) in [5.41, 5.74) is 1.32. The smallest absolute Gasteiger partial charge is 0.166 e. The highest BCUT2D eigenvalue weighted by Gasteiger charge is 2.07. The van der Waals surface area contributed by atoms with Crippen LogP contribution in [-0.2, 0) is 6.42 Å². The molecule has 0 saturated carbocycles. The van der Waals surface area contributed by atoms with Crippen molar-refractivity contribution < 1.29 is 0 Å². The van der Waals surface area contributed by atoms with E-state index in [4.69, 9.17) is 5.26 Å². The van der Waals surface area contributed by atoms with Gasteiger partial charge in [0.05, 0.1) is 5.56 Å². The zero-order chi connectivity index (χ0) is 13.5. The van der Waals surface area contributed by atoms with Crippen molar-refractivity contribution in [3.63, 3.8) is 0 Å². The van der Waals surface area contributed by atoms with Gasteiger partial charge in [0.2, 0.25) is 0 Å². The zero-order valence-corrected chi connectivity index (χ0v) is 11.6. The van der Waals surface area contributed by atoms with Gasteiger partial charge in [0.25, 0.3) is 0 Å². The Kier molecular flexibility index (Phi) is 4.95. The Morgan fingerprint density at radius 1 is 1.32 bits per heavy atom. The minimum Gasteiger partial charge on any atom is -0.316 e. The maximum absolute atomic E-state index is 8.72. The first-order valence-corrected chi connectivity index (χ1v) is 7.04. The van der Waals surface area contributed by atoms with E-state index in [2.05, 4.69) is 27.4 Å². The molecule has 1 N–H and O–H groups in total. The summed E-state index contributed by atoms with van der Waals surface area (Å²) in [7, 11) is 0. The van der Waals surface area contributed by atoms with Gasteiger partial charge in [-0.15, -0.1) is 10.2 Å². The van der Waals surface area contributed by atoms with Crippen LogP contribution in [0.1, 0.15) is 23.9 Å². The lowest BCUT2D eigenvalue weighted by molar-refractivity contribution is 0.668. The third-order valence-electron chi connectivity index (χ3n) is 2.52. The standard InChI is InChI=1S/C13H15N5S/c1-2-6-15-7-5-12-17-18-13(19-12)11-4-3-10(8-14)9-16-11/h3-4,9,15H,2,5-7H2,1H3. The number of nitrogens with one attached hydrogen (secondary N) is 1. The first-order valence-electron chi connectivity index (χ1n) is 6.23. The second-order valence-corrected chi connectivity index (χ2v) is 5.11. The van der Waals surface area contributed by atoms with Crippen molar-refractivity contribution in [2.24, 2.45) is 0 Å². The van der Waals surface area contributed by atoms with E-state index in [0.29, 0.717) is 5.56 Å². The highest BCUT2D eigenvalue weighted by atomic mass is 32.1. The summed E-state index contributed by atoms with van der Waals surface area (Å²) >= 11 is 1.55. The van der Waals surface area contributed by atoms with Gasteiger partial charge in [-0.1, -0.05) is 18.3 Å². The van der Waals surface area contributed by atoms with Crippen molar-refractivity contribution in [2.45, 2.75) is 19.8 Å². The summed E-state index contributed by atoms with van der Waals surface area (Å²) in [6, 6.07) is 5.59. The molecular weight excluding hydrogens is 258 g/mol. The molecule has 0 radical (unpaired) electrons. The molecule has 0 fully saturated rings. The first kappa shape index (κ1) is 13.6. The molecule has 0 unspecified atom stereocenters. The lowest BCUT2D eigenvalue weighted by Crippen LogP contribution is -2.17. The van der Waals surface area contributed by atoms with Gasteiger partial charge in [-0.25, -0.2) is 0 Å². The lowest BCUT2D eigenvalue weighted by atomic mass is 10.3. The molecule has 19 heavy (non-hydrogen) atoms. The van der Waals surface area contributed by atoms with Crippen LogP contribution < -0.4 is 5.32 Å². The van der Waals surface area contributed by atoms with Gasteiger partial charge in [-0.3, -0.25) is 4.98 Å². The fourth-order valence-electron chi connectivity index (χ4n) is 1.54. The van der Waals surface area contributed by atoms with E-state index >= 15 is 0 Å². The average molecular weight is 273 g/mol. The average Bonchev–Trinajstić information content (AvgIpc) is 2.92. The molecule has 6 heteroatoms. The summed E-state index contributed by atoms with van der Waals surface area (Å²) in [5.74, 6) is 0. The van der Waals surface area contributed by atoms with Gasteiger partial charge in [0, 0.05) is 19.2 Å². The van der Waals surface area contributed by atoms with Crippen LogP contribution in [0, 0.1) is 11.3 Å². The SMILES string of the molecule is CCCNCCc1nnc(-c2ccc(C#N)cn2)s1. The Bertz CT molecular complexity index is 555. The zero-order valence-electron chi connectivity index (χ0n) is 10.8. The number of hydrogen-bond acceptors (Lipinski definition) is 6. The van der Waals surface area contributed by atoms with Crippen molar-refractivity contribution in [3.05, 3.63) is 28.9 Å². The Labute approximate surface area is 116 Å². The number of rotatable bonds is 6. The van der Waals surface area contributed by atoms with Gasteiger partial charge < -0.3 is 5.32 Å². The largest absolute Gasteiger partial charge is 0.316 e. The van der Waals surface area contributed by atoms with Gasteiger partial charge in [0.15, 0.2) is 5.01 Å². The molecule has 0 bridgehead atoms. The maximum atomic E-state index is 8.72. The molecule has 0 saturated heterocycles.